The number of benzene rings is 2. The molecule has 0 fully saturated rings. The van der Waals surface area contributed by atoms with Gasteiger partial charge in [-0.1, -0.05) is 24.3 Å². The summed E-state index contributed by atoms with van der Waals surface area (Å²) in [6.45, 7) is 1.92. The zero-order valence-electron chi connectivity index (χ0n) is 13.1. The minimum absolute atomic E-state index is 0.139. The van der Waals surface area contributed by atoms with Gasteiger partial charge >= 0.3 is 0 Å². The molecular formula is C18H17N3O3. The summed E-state index contributed by atoms with van der Waals surface area (Å²) in [6.07, 6.45) is -0.139. The monoisotopic (exact) mass is 323 g/mol. The van der Waals surface area contributed by atoms with Crippen molar-refractivity contribution in [2.45, 2.75) is 19.4 Å². The van der Waals surface area contributed by atoms with Crippen molar-refractivity contribution in [3.8, 4) is 0 Å². The third-order valence-electron chi connectivity index (χ3n) is 3.74. The fourth-order valence-corrected chi connectivity index (χ4v) is 2.58. The van der Waals surface area contributed by atoms with Crippen molar-refractivity contribution in [1.29, 1.82) is 0 Å². The second-order valence-corrected chi connectivity index (χ2v) is 5.68. The van der Waals surface area contributed by atoms with E-state index in [1.54, 1.807) is 30.3 Å². The van der Waals surface area contributed by atoms with Gasteiger partial charge in [-0.15, -0.1) is 0 Å². The average Bonchev–Trinajstić information content (AvgIpc) is 2.65. The molecule has 1 atom stereocenters. The summed E-state index contributed by atoms with van der Waals surface area (Å²) in [7, 11) is 0. The van der Waals surface area contributed by atoms with E-state index in [1.165, 1.54) is 0 Å². The summed E-state index contributed by atoms with van der Waals surface area (Å²) in [6, 6.07) is 13.2. The first-order valence-corrected chi connectivity index (χ1v) is 7.60. The second kappa shape index (κ2) is 6.54. The number of rotatable bonds is 3. The Labute approximate surface area is 139 Å². The maximum Gasteiger partial charge on any atom is 0.254 e. The van der Waals surface area contributed by atoms with Gasteiger partial charge in [0.2, 0.25) is 11.8 Å². The lowest BCUT2D eigenvalue weighted by Gasteiger charge is -2.14. The van der Waals surface area contributed by atoms with Gasteiger partial charge in [-0.05, 0) is 36.8 Å². The Morgan fingerprint density at radius 3 is 2.71 bits per heavy atom. The number of fused-ring (bicyclic) bond motifs is 1. The van der Waals surface area contributed by atoms with Crippen molar-refractivity contribution in [2.75, 3.05) is 10.6 Å². The van der Waals surface area contributed by atoms with E-state index >= 15 is 0 Å². The van der Waals surface area contributed by atoms with Gasteiger partial charge in [-0.3, -0.25) is 14.4 Å². The Hall–Kier alpha value is -3.15. The van der Waals surface area contributed by atoms with Crippen molar-refractivity contribution in [3.05, 3.63) is 59.7 Å². The first-order valence-electron chi connectivity index (χ1n) is 7.60. The minimum Gasteiger partial charge on any atom is -0.340 e. The highest BCUT2D eigenvalue weighted by Gasteiger charge is 2.29. The van der Waals surface area contributed by atoms with E-state index in [0.717, 1.165) is 5.56 Å². The van der Waals surface area contributed by atoms with E-state index in [0.29, 0.717) is 16.9 Å². The number of anilines is 2. The molecule has 24 heavy (non-hydrogen) atoms. The Bertz CT molecular complexity index is 817. The quantitative estimate of drug-likeness (QED) is 0.808. The predicted molar refractivity (Wildman–Crippen MR) is 90.8 cm³/mol. The van der Waals surface area contributed by atoms with Crippen LogP contribution in [0.3, 0.4) is 0 Å². The lowest BCUT2D eigenvalue weighted by molar-refractivity contribution is -0.122. The van der Waals surface area contributed by atoms with Crippen LogP contribution in [0.5, 0.6) is 0 Å². The smallest absolute Gasteiger partial charge is 0.254 e. The fraction of sp³-hybridized carbons (Fsp3) is 0.167. The second-order valence-electron chi connectivity index (χ2n) is 5.68. The van der Waals surface area contributed by atoms with E-state index in [-0.39, 0.29) is 18.2 Å². The van der Waals surface area contributed by atoms with E-state index in [1.807, 2.05) is 25.1 Å². The normalized spacial score (nSPS) is 16.5. The predicted octanol–water partition coefficient (Wildman–Crippen LogP) is 2.07. The summed E-state index contributed by atoms with van der Waals surface area (Å²) in [5, 5.41) is 8.02. The lowest BCUT2D eigenvalue weighted by atomic mass is 10.1. The van der Waals surface area contributed by atoms with Crippen molar-refractivity contribution >= 4 is 29.1 Å². The summed E-state index contributed by atoms with van der Waals surface area (Å²) in [5.74, 6) is -1.13. The standard InChI is InChI=1S/C18H17N3O3/c1-11-5-4-6-12(9-11)19-16(22)10-15-18(24)20-14-8-3-2-7-13(14)17(23)21-15/h2-9,15H,10H2,1H3,(H,19,22)(H,20,24)(H,21,23)/t15-/m0/s1. The zero-order valence-corrected chi connectivity index (χ0v) is 13.1. The van der Waals surface area contributed by atoms with Gasteiger partial charge in [0, 0.05) is 5.69 Å². The van der Waals surface area contributed by atoms with Gasteiger partial charge in [-0.2, -0.15) is 0 Å². The minimum atomic E-state index is -0.922. The molecule has 3 rings (SSSR count). The van der Waals surface area contributed by atoms with Crippen LogP contribution in [0.1, 0.15) is 22.3 Å². The van der Waals surface area contributed by atoms with E-state index in [4.69, 9.17) is 0 Å². The number of hydrogen-bond acceptors (Lipinski definition) is 3. The molecule has 0 unspecified atom stereocenters. The third-order valence-corrected chi connectivity index (χ3v) is 3.74. The Balaban J connectivity index is 1.70. The number of carbonyl (C=O) groups is 3. The SMILES string of the molecule is Cc1cccc(NC(=O)C[C@@H]2NC(=O)c3ccccc3NC2=O)c1. The molecule has 3 N–H and O–H groups in total. The van der Waals surface area contributed by atoms with Crippen LogP contribution in [-0.4, -0.2) is 23.8 Å². The Morgan fingerprint density at radius 2 is 1.92 bits per heavy atom. The van der Waals surface area contributed by atoms with Crippen LogP contribution in [0.2, 0.25) is 0 Å². The van der Waals surface area contributed by atoms with Gasteiger partial charge < -0.3 is 16.0 Å². The molecule has 6 nitrogen and oxygen atoms in total. The largest absolute Gasteiger partial charge is 0.340 e. The molecule has 0 spiro atoms. The first-order chi connectivity index (χ1) is 11.5. The molecule has 6 heteroatoms. The van der Waals surface area contributed by atoms with Crippen LogP contribution in [0.15, 0.2) is 48.5 Å². The third kappa shape index (κ3) is 3.43. The fourth-order valence-electron chi connectivity index (χ4n) is 2.58. The van der Waals surface area contributed by atoms with Crippen LogP contribution < -0.4 is 16.0 Å². The van der Waals surface area contributed by atoms with Crippen molar-refractivity contribution in [3.63, 3.8) is 0 Å². The molecule has 1 aliphatic heterocycles. The molecule has 0 aromatic heterocycles. The number of para-hydroxylation sites is 1. The Morgan fingerprint density at radius 1 is 1.12 bits per heavy atom. The molecule has 122 valence electrons. The molecule has 2 aromatic rings. The number of aryl methyl sites for hydroxylation is 1. The number of hydrogen-bond donors (Lipinski definition) is 3. The van der Waals surface area contributed by atoms with Crippen molar-refractivity contribution in [2.24, 2.45) is 0 Å². The summed E-state index contributed by atoms with van der Waals surface area (Å²) < 4.78 is 0. The summed E-state index contributed by atoms with van der Waals surface area (Å²) >= 11 is 0. The molecule has 0 aliphatic carbocycles. The molecule has 2 aromatic carbocycles. The summed E-state index contributed by atoms with van der Waals surface area (Å²) in [5.41, 5.74) is 2.50. The lowest BCUT2D eigenvalue weighted by Crippen LogP contribution is -2.43. The highest BCUT2D eigenvalue weighted by atomic mass is 16.2. The molecule has 0 bridgehead atoms. The number of nitrogens with one attached hydrogen (secondary N) is 3. The van der Waals surface area contributed by atoms with Crippen LogP contribution in [0, 0.1) is 6.92 Å². The van der Waals surface area contributed by atoms with Gasteiger partial charge in [0.1, 0.15) is 6.04 Å². The van der Waals surface area contributed by atoms with Crippen molar-refractivity contribution in [1.82, 2.24) is 5.32 Å². The number of carbonyl (C=O) groups excluding carboxylic acids is 3. The molecular weight excluding hydrogens is 306 g/mol. The van der Waals surface area contributed by atoms with Crippen LogP contribution >= 0.6 is 0 Å². The summed E-state index contributed by atoms with van der Waals surface area (Å²) in [4.78, 5) is 36.7. The van der Waals surface area contributed by atoms with Crippen LogP contribution in [0.4, 0.5) is 11.4 Å². The van der Waals surface area contributed by atoms with Gasteiger partial charge in [-0.25, -0.2) is 0 Å². The zero-order chi connectivity index (χ0) is 17.1. The molecule has 0 saturated heterocycles. The topological polar surface area (TPSA) is 87.3 Å². The van der Waals surface area contributed by atoms with Crippen molar-refractivity contribution < 1.29 is 14.4 Å². The van der Waals surface area contributed by atoms with E-state index < -0.39 is 11.9 Å². The highest BCUT2D eigenvalue weighted by molar-refractivity contribution is 6.11. The maximum absolute atomic E-state index is 12.3. The first kappa shape index (κ1) is 15.7. The Kier molecular flexibility index (Phi) is 4.29. The average molecular weight is 323 g/mol. The van der Waals surface area contributed by atoms with Crippen LogP contribution in [0.25, 0.3) is 0 Å². The number of amides is 3. The molecule has 0 radical (unpaired) electrons. The van der Waals surface area contributed by atoms with Crippen LogP contribution in [-0.2, 0) is 9.59 Å². The molecule has 3 amide bonds. The van der Waals surface area contributed by atoms with Gasteiger partial charge in [0.15, 0.2) is 0 Å². The van der Waals surface area contributed by atoms with Gasteiger partial charge in [0.25, 0.3) is 5.91 Å². The van der Waals surface area contributed by atoms with E-state index in [2.05, 4.69) is 16.0 Å². The van der Waals surface area contributed by atoms with Gasteiger partial charge in [0.05, 0.1) is 17.7 Å². The molecule has 1 heterocycles. The highest BCUT2D eigenvalue weighted by Crippen LogP contribution is 2.19. The maximum atomic E-state index is 12.3. The van der Waals surface area contributed by atoms with E-state index in [9.17, 15) is 14.4 Å². The molecule has 1 aliphatic rings. The molecule has 0 saturated carbocycles.